The molecule has 2 amide bonds. The van der Waals surface area contributed by atoms with E-state index in [0.29, 0.717) is 83.8 Å². The molecular weight excluding hydrogens is 508 g/mol. The quantitative estimate of drug-likeness (QED) is 0.344. The van der Waals surface area contributed by atoms with Crippen LogP contribution in [0.4, 0.5) is 8.78 Å². The number of hydrogen-bond acceptors (Lipinski definition) is 8. The Hall–Kier alpha value is -1.73. The van der Waals surface area contributed by atoms with E-state index in [4.69, 9.17) is 16.2 Å². The van der Waals surface area contributed by atoms with E-state index in [0.717, 1.165) is 0 Å². The van der Waals surface area contributed by atoms with E-state index in [1.807, 2.05) is 18.7 Å². The molecule has 0 saturated carbocycles. The summed E-state index contributed by atoms with van der Waals surface area (Å²) in [4.78, 5) is 35.0. The first-order valence-electron chi connectivity index (χ1n) is 14.5. The van der Waals surface area contributed by atoms with E-state index < -0.39 is 42.4 Å². The number of alkyl halides is 2. The monoisotopic (exact) mass is 555 g/mol. The van der Waals surface area contributed by atoms with Crippen molar-refractivity contribution in [1.29, 1.82) is 0 Å². The van der Waals surface area contributed by atoms with Crippen LogP contribution in [-0.2, 0) is 14.3 Å². The molecule has 12 heteroatoms. The normalized spacial score (nSPS) is 32.2. The van der Waals surface area contributed by atoms with Gasteiger partial charge in [0.1, 0.15) is 18.3 Å². The summed E-state index contributed by atoms with van der Waals surface area (Å²) in [7, 11) is 0. The highest BCUT2D eigenvalue weighted by molar-refractivity contribution is 6.05. The molecule has 0 aromatic rings. The summed E-state index contributed by atoms with van der Waals surface area (Å²) in [5, 5.41) is 6.11. The number of halogens is 2. The van der Waals surface area contributed by atoms with E-state index in [1.54, 1.807) is 0 Å². The summed E-state index contributed by atoms with van der Waals surface area (Å²) in [5.74, 6) is -1.25. The van der Waals surface area contributed by atoms with Gasteiger partial charge in [0.2, 0.25) is 11.8 Å². The molecule has 5 unspecified atom stereocenters. The van der Waals surface area contributed by atoms with E-state index in [2.05, 4.69) is 20.5 Å². The Balaban J connectivity index is 1.42. The molecule has 0 aromatic carbocycles. The van der Waals surface area contributed by atoms with Gasteiger partial charge in [-0.15, -0.1) is 0 Å². The molecule has 39 heavy (non-hydrogen) atoms. The SMILES string of the molecule is CC1(C)CCC(F)CN=C(C(C(=O)NC2CNCC(F)C2N2CCC(C(=O)N3CCOCC3)CC2)C(N)N)C1. The zero-order chi connectivity index (χ0) is 28.2. The molecule has 0 aliphatic carbocycles. The van der Waals surface area contributed by atoms with Crippen LogP contribution in [0.5, 0.6) is 0 Å². The molecule has 3 fully saturated rings. The van der Waals surface area contributed by atoms with Gasteiger partial charge >= 0.3 is 0 Å². The molecule has 3 saturated heterocycles. The van der Waals surface area contributed by atoms with Crippen molar-refractivity contribution in [1.82, 2.24) is 20.4 Å². The van der Waals surface area contributed by atoms with Gasteiger partial charge in [0.15, 0.2) is 0 Å². The van der Waals surface area contributed by atoms with Crippen LogP contribution >= 0.6 is 0 Å². The van der Waals surface area contributed by atoms with E-state index >= 15 is 4.39 Å². The number of nitrogens with two attached hydrogens (primary N) is 2. The molecule has 4 heterocycles. The average molecular weight is 556 g/mol. The molecule has 0 spiro atoms. The second-order valence-corrected chi connectivity index (χ2v) is 12.4. The van der Waals surface area contributed by atoms with Crippen molar-refractivity contribution in [3.8, 4) is 0 Å². The van der Waals surface area contributed by atoms with Crippen LogP contribution in [0.2, 0.25) is 0 Å². The molecule has 5 atom stereocenters. The van der Waals surface area contributed by atoms with Crippen molar-refractivity contribution in [2.24, 2.45) is 33.7 Å². The van der Waals surface area contributed by atoms with Crippen molar-refractivity contribution >= 4 is 17.5 Å². The van der Waals surface area contributed by atoms with Gasteiger partial charge in [-0.3, -0.25) is 19.5 Å². The third-order valence-electron chi connectivity index (χ3n) is 8.75. The van der Waals surface area contributed by atoms with Crippen LogP contribution < -0.4 is 22.1 Å². The Bertz CT molecular complexity index is 875. The van der Waals surface area contributed by atoms with Gasteiger partial charge in [0.25, 0.3) is 0 Å². The van der Waals surface area contributed by atoms with Gasteiger partial charge in [-0.25, -0.2) is 8.78 Å². The minimum atomic E-state index is -1.19. The summed E-state index contributed by atoms with van der Waals surface area (Å²) in [6, 6.07) is -1.04. The van der Waals surface area contributed by atoms with Gasteiger partial charge in [0, 0.05) is 37.8 Å². The number of piperidine rings is 2. The van der Waals surface area contributed by atoms with Crippen LogP contribution in [0, 0.1) is 17.3 Å². The van der Waals surface area contributed by atoms with E-state index in [-0.39, 0.29) is 30.3 Å². The van der Waals surface area contributed by atoms with Gasteiger partial charge in [0.05, 0.1) is 38.0 Å². The number of rotatable bonds is 6. The summed E-state index contributed by atoms with van der Waals surface area (Å²) >= 11 is 0. The highest BCUT2D eigenvalue weighted by Gasteiger charge is 2.43. The maximum absolute atomic E-state index is 15.4. The zero-order valence-electron chi connectivity index (χ0n) is 23.4. The molecule has 10 nitrogen and oxygen atoms in total. The fourth-order valence-corrected chi connectivity index (χ4v) is 6.50. The number of ether oxygens (including phenoxy) is 1. The Kier molecular flexibility index (Phi) is 10.3. The lowest BCUT2D eigenvalue weighted by Crippen LogP contribution is -2.67. The Morgan fingerprint density at radius 1 is 1.10 bits per heavy atom. The number of likely N-dealkylation sites (tertiary alicyclic amines) is 1. The molecule has 6 N–H and O–H groups in total. The number of carbonyl (C=O) groups is 2. The van der Waals surface area contributed by atoms with Crippen molar-refractivity contribution < 1.29 is 23.1 Å². The minimum Gasteiger partial charge on any atom is -0.378 e. The largest absolute Gasteiger partial charge is 0.378 e. The van der Waals surface area contributed by atoms with Crippen molar-refractivity contribution in [3.05, 3.63) is 0 Å². The highest BCUT2D eigenvalue weighted by atomic mass is 19.1. The van der Waals surface area contributed by atoms with Gasteiger partial charge in [-0.05, 0) is 50.6 Å². The number of nitrogens with zero attached hydrogens (tertiary/aromatic N) is 3. The summed E-state index contributed by atoms with van der Waals surface area (Å²) in [6.45, 7) is 8.17. The topological polar surface area (TPSA) is 138 Å². The number of nitrogens with one attached hydrogen (secondary N) is 2. The second kappa shape index (κ2) is 13.3. The standard InChI is InChI=1S/C27H47F2N7O3/c1-27(2)6-3-18(28)14-33-20(13-27)22(24(30)31)25(37)34-21-16-32-15-19(29)23(21)35-7-4-17(5-8-35)26(38)36-9-11-39-12-10-36/h17-19,21-24,32H,3-16,30-31H2,1-2H3,(H,34,37). The summed E-state index contributed by atoms with van der Waals surface area (Å²) in [6.07, 6.45) is -0.387. The molecule has 0 aromatic heterocycles. The number of hydrogen-bond donors (Lipinski definition) is 4. The number of carbonyl (C=O) groups excluding carboxylic acids is 2. The van der Waals surface area contributed by atoms with Gasteiger partial charge in [-0.1, -0.05) is 13.8 Å². The van der Waals surface area contributed by atoms with Gasteiger partial charge < -0.3 is 31.7 Å². The predicted molar refractivity (Wildman–Crippen MR) is 146 cm³/mol. The van der Waals surface area contributed by atoms with Crippen LogP contribution in [-0.4, -0.2) is 117 Å². The lowest BCUT2D eigenvalue weighted by atomic mass is 9.77. The fraction of sp³-hybridized carbons (Fsp3) is 0.889. The lowest BCUT2D eigenvalue weighted by Gasteiger charge is -2.45. The van der Waals surface area contributed by atoms with Crippen LogP contribution in [0.15, 0.2) is 4.99 Å². The Morgan fingerprint density at radius 3 is 2.46 bits per heavy atom. The van der Waals surface area contributed by atoms with E-state index in [1.165, 1.54) is 0 Å². The molecular formula is C27H47F2N7O3. The maximum Gasteiger partial charge on any atom is 0.232 e. The number of morpholine rings is 1. The van der Waals surface area contributed by atoms with Gasteiger partial charge in [-0.2, -0.15) is 0 Å². The Morgan fingerprint density at radius 2 is 1.79 bits per heavy atom. The predicted octanol–water partition coefficient (Wildman–Crippen LogP) is 0.201. The molecule has 222 valence electrons. The second-order valence-electron chi connectivity index (χ2n) is 12.4. The smallest absolute Gasteiger partial charge is 0.232 e. The first kappa shape index (κ1) is 30.2. The van der Waals surface area contributed by atoms with Crippen molar-refractivity contribution in [2.75, 3.05) is 59.0 Å². The maximum atomic E-state index is 15.4. The number of aliphatic imine (C=N–C) groups is 1. The minimum absolute atomic E-state index is 0.0137. The summed E-state index contributed by atoms with van der Waals surface area (Å²) < 4.78 is 35.0. The summed E-state index contributed by atoms with van der Waals surface area (Å²) in [5.41, 5.74) is 12.4. The average Bonchev–Trinajstić information content (AvgIpc) is 2.90. The lowest BCUT2D eigenvalue weighted by molar-refractivity contribution is -0.141. The first-order valence-corrected chi connectivity index (χ1v) is 14.5. The highest BCUT2D eigenvalue weighted by Crippen LogP contribution is 2.32. The van der Waals surface area contributed by atoms with Crippen LogP contribution in [0.25, 0.3) is 0 Å². The number of amides is 2. The zero-order valence-corrected chi connectivity index (χ0v) is 23.4. The molecule has 4 rings (SSSR count). The third kappa shape index (κ3) is 7.72. The van der Waals surface area contributed by atoms with Crippen LogP contribution in [0.3, 0.4) is 0 Å². The molecule has 0 radical (unpaired) electrons. The van der Waals surface area contributed by atoms with Crippen molar-refractivity contribution in [3.63, 3.8) is 0 Å². The Labute approximate surface area is 230 Å². The third-order valence-corrected chi connectivity index (χ3v) is 8.75. The fourth-order valence-electron chi connectivity index (χ4n) is 6.50. The van der Waals surface area contributed by atoms with Crippen LogP contribution in [0.1, 0.15) is 46.0 Å². The molecule has 0 bridgehead atoms. The van der Waals surface area contributed by atoms with E-state index in [9.17, 15) is 14.0 Å². The van der Waals surface area contributed by atoms with Crippen molar-refractivity contribution in [2.45, 2.75) is 76.5 Å². The molecule has 4 aliphatic heterocycles. The molecule has 4 aliphatic rings. The first-order chi connectivity index (χ1) is 18.6.